The number of halogens is 3. The number of Topliss-reactive ketones (excluding diaryl/α,β-unsaturated/α-hetero) is 1. The van der Waals surface area contributed by atoms with Crippen LogP contribution in [0.5, 0.6) is 5.75 Å². The largest absolute Gasteiger partial charge is 0.494 e. The highest BCUT2D eigenvalue weighted by molar-refractivity contribution is 7.89. The van der Waals surface area contributed by atoms with Crippen molar-refractivity contribution in [1.29, 1.82) is 0 Å². The van der Waals surface area contributed by atoms with Crippen LogP contribution in [0.1, 0.15) is 64.4 Å². The van der Waals surface area contributed by atoms with Crippen LogP contribution in [-0.2, 0) is 35.8 Å². The molecule has 348 valence electrons. The molecule has 1 saturated carbocycles. The van der Waals surface area contributed by atoms with Gasteiger partial charge in [-0.3, -0.25) is 14.4 Å². The van der Waals surface area contributed by atoms with E-state index in [-0.39, 0.29) is 17.2 Å². The van der Waals surface area contributed by atoms with Crippen molar-refractivity contribution in [2.24, 2.45) is 11.1 Å². The number of anilines is 3. The molecule has 2 aliphatic heterocycles. The Bertz CT molecular complexity index is 2360. The highest BCUT2D eigenvalue weighted by Crippen LogP contribution is 2.41. The number of alkyl halides is 3. The van der Waals surface area contributed by atoms with Crippen molar-refractivity contribution < 1.29 is 45.5 Å². The number of amides is 2. The summed E-state index contributed by atoms with van der Waals surface area (Å²) in [5.74, 6) is 0.920. The first-order chi connectivity index (χ1) is 31.1. The summed E-state index contributed by atoms with van der Waals surface area (Å²) in [6.45, 7) is 3.51. The maximum absolute atomic E-state index is 12.9. The van der Waals surface area contributed by atoms with Gasteiger partial charge in [0.15, 0.2) is 11.9 Å². The molecule has 1 aliphatic carbocycles. The molecular weight excluding hydrogens is 868 g/mol. The standard InChI is InChI=1S/C24H29N5O5S.C21H25F3N4O2/c1-17(30)22(29-35(32,33)19-7-3-2-4-8-19)27-23(31)20-15-24(34-28-20)12-10-18(11-13-24)16-26-21-9-5-6-14-25-21;1-2-17-20(29)28(14-21(22,23)24)13-15-12-16(7-8-18(15)27-17)30-11-5-10-26-19-6-3-4-9-25-19/h2-9,14,18,22,29H,10-13,15-16H2,1H3,(H,25,26)(H,27,31);3-4,6-9,12,17,27H,2,5,10-11,13-14H2,1H3,(H,25,26)/t18?,22-,24?;/m1./s1. The van der Waals surface area contributed by atoms with Crippen LogP contribution < -0.4 is 30.7 Å². The Labute approximate surface area is 376 Å². The second kappa shape index (κ2) is 22.1. The number of carbonyl (C=O) groups is 3. The molecule has 3 aliphatic rings. The second-order valence-corrected chi connectivity index (χ2v) is 17.8. The average molecular weight is 922 g/mol. The smallest absolute Gasteiger partial charge is 0.406 e. The number of aromatic nitrogens is 2. The molecule has 0 radical (unpaired) electrons. The number of pyridine rings is 2. The summed E-state index contributed by atoms with van der Waals surface area (Å²) in [5, 5.41) is 16.0. The summed E-state index contributed by atoms with van der Waals surface area (Å²) in [6, 6.07) is 23.5. The third kappa shape index (κ3) is 14.1. The third-order valence-electron chi connectivity index (χ3n) is 11.1. The Morgan fingerprint density at radius 3 is 2.28 bits per heavy atom. The molecule has 16 nitrogen and oxygen atoms in total. The van der Waals surface area contributed by atoms with Gasteiger partial charge in [0.05, 0.1) is 11.5 Å². The van der Waals surface area contributed by atoms with Gasteiger partial charge in [-0.05, 0) is 112 Å². The topological polar surface area (TPSA) is 205 Å². The predicted molar refractivity (Wildman–Crippen MR) is 238 cm³/mol. The Kier molecular flexibility index (Phi) is 16.4. The van der Waals surface area contributed by atoms with Crippen LogP contribution >= 0.6 is 0 Å². The molecule has 1 spiro atoms. The number of nitrogens with one attached hydrogen (secondary N) is 5. The molecule has 5 N–H and O–H groups in total. The molecule has 2 atom stereocenters. The molecule has 7 rings (SSSR count). The Balaban J connectivity index is 0.000000218. The van der Waals surface area contributed by atoms with Gasteiger partial charge < -0.3 is 35.7 Å². The van der Waals surface area contributed by atoms with Crippen LogP contribution in [0.4, 0.5) is 30.5 Å². The van der Waals surface area contributed by atoms with Gasteiger partial charge in [0.2, 0.25) is 15.9 Å². The molecule has 0 saturated heterocycles. The molecule has 1 fully saturated rings. The van der Waals surface area contributed by atoms with E-state index in [1.54, 1.807) is 55.7 Å². The first-order valence-corrected chi connectivity index (χ1v) is 22.9. The van der Waals surface area contributed by atoms with Gasteiger partial charge in [-0.15, -0.1) is 0 Å². The maximum Gasteiger partial charge on any atom is 0.406 e. The lowest BCUT2D eigenvalue weighted by molar-refractivity contribution is -0.162. The van der Waals surface area contributed by atoms with Gasteiger partial charge in [-0.25, -0.2) is 18.4 Å². The Hall–Kier alpha value is -6.28. The van der Waals surface area contributed by atoms with Crippen molar-refractivity contribution in [2.75, 3.05) is 42.2 Å². The number of fused-ring (bicyclic) bond motifs is 1. The Morgan fingerprint density at radius 1 is 0.969 bits per heavy atom. The lowest BCUT2D eigenvalue weighted by Crippen LogP contribution is -2.53. The zero-order chi connectivity index (χ0) is 46.5. The highest BCUT2D eigenvalue weighted by atomic mass is 32.2. The van der Waals surface area contributed by atoms with Crippen molar-refractivity contribution in [3.63, 3.8) is 0 Å². The quantitative estimate of drug-likeness (QED) is 0.0588. The van der Waals surface area contributed by atoms with Crippen molar-refractivity contribution in [2.45, 2.75) is 94.2 Å². The van der Waals surface area contributed by atoms with Crippen LogP contribution in [0.25, 0.3) is 0 Å². The monoisotopic (exact) mass is 921 g/mol. The SMILES string of the molecule is CC(=O)[C@H](NC(=O)C1=NOC2(CCC(CNc3ccccn3)CC2)C1)NS(=O)(=O)c1ccccc1.CCC1Nc2ccc(OCCCNc3ccccn3)cc2CN(CC(F)(F)F)C1=O. The van der Waals surface area contributed by atoms with Gasteiger partial charge in [0, 0.05) is 44.1 Å². The van der Waals surface area contributed by atoms with E-state index >= 15 is 0 Å². The van der Waals surface area contributed by atoms with Crippen LogP contribution in [0.15, 0.2) is 107 Å². The lowest BCUT2D eigenvalue weighted by atomic mass is 9.76. The number of carbonyl (C=O) groups excluding carboxylic acids is 3. The molecule has 1 unspecified atom stereocenters. The minimum absolute atomic E-state index is 0.00436. The van der Waals surface area contributed by atoms with E-state index in [2.05, 4.69) is 41.1 Å². The maximum atomic E-state index is 12.9. The molecule has 65 heavy (non-hydrogen) atoms. The average Bonchev–Trinajstić information content (AvgIpc) is 3.66. The number of oxime groups is 1. The number of ketones is 1. The van der Waals surface area contributed by atoms with E-state index in [0.29, 0.717) is 48.9 Å². The molecule has 20 heteroatoms. The summed E-state index contributed by atoms with van der Waals surface area (Å²) >= 11 is 0. The van der Waals surface area contributed by atoms with E-state index in [4.69, 9.17) is 9.57 Å². The summed E-state index contributed by atoms with van der Waals surface area (Å²) in [7, 11) is -4.00. The number of ether oxygens (including phenoxy) is 1. The van der Waals surface area contributed by atoms with Gasteiger partial charge >= 0.3 is 6.18 Å². The molecule has 4 aromatic rings. The van der Waals surface area contributed by atoms with E-state index in [9.17, 15) is 36.0 Å². The number of sulfonamides is 1. The van der Waals surface area contributed by atoms with Gasteiger partial charge in [0.25, 0.3) is 5.91 Å². The number of benzene rings is 2. The summed E-state index contributed by atoms with van der Waals surface area (Å²) < 4.78 is 72.0. The fourth-order valence-electron chi connectivity index (χ4n) is 7.54. The summed E-state index contributed by atoms with van der Waals surface area (Å²) in [6.07, 6.45) is 2.35. The number of rotatable bonds is 17. The fraction of sp³-hybridized carbons (Fsp3) is 0.422. The van der Waals surface area contributed by atoms with Crippen molar-refractivity contribution >= 4 is 50.7 Å². The zero-order valence-corrected chi connectivity index (χ0v) is 37.0. The van der Waals surface area contributed by atoms with Crippen molar-refractivity contribution in [3.05, 3.63) is 103 Å². The second-order valence-electron chi connectivity index (χ2n) is 16.1. The molecule has 2 aromatic carbocycles. The van der Waals surface area contributed by atoms with E-state index in [1.807, 2.05) is 36.4 Å². The minimum atomic E-state index is -4.45. The first-order valence-electron chi connectivity index (χ1n) is 21.4. The van der Waals surface area contributed by atoms with Crippen molar-refractivity contribution in [3.8, 4) is 5.75 Å². The van der Waals surface area contributed by atoms with Crippen LogP contribution in [0.3, 0.4) is 0 Å². The summed E-state index contributed by atoms with van der Waals surface area (Å²) in [4.78, 5) is 52.4. The molecular formula is C45H54F3N9O7S. The number of nitrogens with zero attached hydrogens (tertiary/aromatic N) is 4. The van der Waals surface area contributed by atoms with Gasteiger partial charge in [-0.1, -0.05) is 42.4 Å². The Morgan fingerprint density at radius 2 is 1.65 bits per heavy atom. The van der Waals surface area contributed by atoms with Crippen molar-refractivity contribution in [1.82, 2.24) is 24.9 Å². The van der Waals surface area contributed by atoms with E-state index < -0.39 is 58.2 Å². The molecule has 2 aromatic heterocycles. The van der Waals surface area contributed by atoms with E-state index in [0.717, 1.165) is 55.2 Å². The fourth-order valence-corrected chi connectivity index (χ4v) is 8.73. The van der Waals surface area contributed by atoms with Crippen LogP contribution in [-0.4, -0.2) is 96.8 Å². The van der Waals surface area contributed by atoms with Crippen LogP contribution in [0.2, 0.25) is 0 Å². The number of hydrogen-bond acceptors (Lipinski definition) is 13. The van der Waals surface area contributed by atoms with Gasteiger partial charge in [0.1, 0.15) is 41.3 Å². The lowest BCUT2D eigenvalue weighted by Gasteiger charge is -2.35. The molecule has 0 bridgehead atoms. The normalized spacial score (nSPS) is 19.8. The van der Waals surface area contributed by atoms with E-state index in [1.165, 1.54) is 19.1 Å². The number of hydrogen-bond donors (Lipinski definition) is 5. The zero-order valence-electron chi connectivity index (χ0n) is 36.1. The van der Waals surface area contributed by atoms with Crippen LogP contribution in [0, 0.1) is 5.92 Å². The molecule has 2 amide bonds. The third-order valence-corrected chi connectivity index (χ3v) is 12.5. The summed E-state index contributed by atoms with van der Waals surface area (Å²) in [5.41, 5.74) is 0.876. The minimum Gasteiger partial charge on any atom is -0.494 e. The highest BCUT2D eigenvalue weighted by Gasteiger charge is 2.44. The predicted octanol–water partition coefficient (Wildman–Crippen LogP) is 6.27. The first kappa shape index (κ1) is 48.2. The molecule has 4 heterocycles. The van der Waals surface area contributed by atoms with Gasteiger partial charge in [-0.2, -0.15) is 17.9 Å².